The number of rotatable bonds is 6. The van der Waals surface area contributed by atoms with E-state index in [2.05, 4.69) is 37.3 Å². The molecule has 0 radical (unpaired) electrons. The van der Waals surface area contributed by atoms with E-state index in [-0.39, 0.29) is 17.9 Å². The van der Waals surface area contributed by atoms with Gasteiger partial charge < -0.3 is 14.9 Å². The van der Waals surface area contributed by atoms with E-state index in [4.69, 9.17) is 4.74 Å². The van der Waals surface area contributed by atoms with Crippen molar-refractivity contribution in [1.82, 2.24) is 0 Å². The molecule has 5 rings (SSSR count). The molecule has 170 valence electrons. The highest BCUT2D eigenvalue weighted by atomic mass is 16.5. The van der Waals surface area contributed by atoms with E-state index < -0.39 is 5.97 Å². The van der Waals surface area contributed by atoms with Gasteiger partial charge in [-0.3, -0.25) is 4.79 Å². The van der Waals surface area contributed by atoms with Gasteiger partial charge >= 0.3 is 5.97 Å². The average Bonchev–Trinajstić information content (AvgIpc) is 3.06. The first kappa shape index (κ1) is 21.5. The fraction of sp³-hybridized carbons (Fsp3) is 0.536. The van der Waals surface area contributed by atoms with Crippen molar-refractivity contribution in [2.24, 2.45) is 23.2 Å². The number of ether oxygens (including phenoxy) is 1. The van der Waals surface area contributed by atoms with Crippen LogP contribution in [0.3, 0.4) is 0 Å². The van der Waals surface area contributed by atoms with Crippen molar-refractivity contribution in [2.45, 2.75) is 70.5 Å². The second kappa shape index (κ2) is 8.55. The number of fused-ring (bicyclic) bond motifs is 5. The first-order valence-corrected chi connectivity index (χ1v) is 12.1. The predicted molar refractivity (Wildman–Crippen MR) is 124 cm³/mol. The van der Waals surface area contributed by atoms with Crippen molar-refractivity contribution in [3.05, 3.63) is 65.2 Å². The molecule has 3 aliphatic rings. The summed E-state index contributed by atoms with van der Waals surface area (Å²) in [6, 6.07) is 16.9. The number of benzene rings is 2. The summed E-state index contributed by atoms with van der Waals surface area (Å²) in [5, 5.41) is 20.2. The van der Waals surface area contributed by atoms with E-state index >= 15 is 0 Å². The highest BCUT2D eigenvalue weighted by Gasteiger charge is 2.58. The lowest BCUT2D eigenvalue weighted by Gasteiger charge is -2.51. The fourth-order valence-corrected chi connectivity index (χ4v) is 7.25. The zero-order valence-corrected chi connectivity index (χ0v) is 18.9. The van der Waals surface area contributed by atoms with E-state index in [1.165, 1.54) is 16.7 Å². The number of aryl methyl sites for hydroxylation is 1. The molecular weight excluding hydrogens is 400 g/mol. The molecule has 4 nitrogen and oxygen atoms in total. The van der Waals surface area contributed by atoms with Crippen LogP contribution in [0.4, 0.5) is 0 Å². The first-order valence-electron chi connectivity index (χ1n) is 12.1. The third-order valence-corrected chi connectivity index (χ3v) is 8.77. The van der Waals surface area contributed by atoms with Crippen molar-refractivity contribution < 1.29 is 19.7 Å². The van der Waals surface area contributed by atoms with E-state index in [1.54, 1.807) is 0 Å². The summed E-state index contributed by atoms with van der Waals surface area (Å²) < 4.78 is 6.08. The summed E-state index contributed by atoms with van der Waals surface area (Å²) in [6.07, 6.45) is 5.64. The van der Waals surface area contributed by atoms with Gasteiger partial charge in [0.15, 0.2) is 0 Å². The molecule has 0 saturated heterocycles. The van der Waals surface area contributed by atoms with Crippen LogP contribution in [0.1, 0.15) is 68.1 Å². The number of aliphatic hydroxyl groups excluding tert-OH is 1. The number of hydrogen-bond acceptors (Lipinski definition) is 3. The molecule has 0 amide bonds. The van der Waals surface area contributed by atoms with Crippen molar-refractivity contribution in [3.63, 3.8) is 0 Å². The fourth-order valence-electron chi connectivity index (χ4n) is 7.25. The molecule has 2 fully saturated rings. The standard InChI is InChI=1S/C28H34O4/c1-28-14-13-23-22-11-9-21(32-17-18-5-3-2-4-6-18)15-19(22)7-10-24(23)27(28)20(16-25(28)29)8-12-26(30)31/h2-6,9,11,15,20,23-25,27,29H,7-8,10,12-14,16-17H2,1H3,(H,30,31)/t20-,23?,24?,25+,27?,28-/m1/s1. The summed E-state index contributed by atoms with van der Waals surface area (Å²) >= 11 is 0. The Balaban J connectivity index is 1.35. The Labute approximate surface area is 190 Å². The molecule has 2 aromatic carbocycles. The molecule has 3 unspecified atom stereocenters. The number of carboxylic acid groups (broad SMARTS) is 1. The Hall–Kier alpha value is -2.33. The van der Waals surface area contributed by atoms with Gasteiger partial charge in [-0.05, 0) is 96.4 Å². The maximum absolute atomic E-state index is 11.2. The Kier molecular flexibility index (Phi) is 5.75. The van der Waals surface area contributed by atoms with Gasteiger partial charge in [-0.2, -0.15) is 0 Å². The highest BCUT2D eigenvalue weighted by Crippen LogP contribution is 2.63. The van der Waals surface area contributed by atoms with Gasteiger partial charge in [-0.15, -0.1) is 0 Å². The molecule has 4 heteroatoms. The first-order chi connectivity index (χ1) is 15.5. The molecule has 0 heterocycles. The summed E-state index contributed by atoms with van der Waals surface area (Å²) in [7, 11) is 0. The molecule has 32 heavy (non-hydrogen) atoms. The van der Waals surface area contributed by atoms with Crippen LogP contribution in [0.5, 0.6) is 5.75 Å². The van der Waals surface area contributed by atoms with E-state index in [9.17, 15) is 15.0 Å². The molecular formula is C28H34O4. The zero-order chi connectivity index (χ0) is 22.3. The van der Waals surface area contributed by atoms with Gasteiger partial charge in [0.1, 0.15) is 12.4 Å². The van der Waals surface area contributed by atoms with Crippen molar-refractivity contribution >= 4 is 5.97 Å². The monoisotopic (exact) mass is 434 g/mol. The maximum atomic E-state index is 11.2. The lowest BCUT2D eigenvalue weighted by Crippen LogP contribution is -2.45. The molecule has 0 spiro atoms. The largest absolute Gasteiger partial charge is 0.489 e. The topological polar surface area (TPSA) is 66.8 Å². The Morgan fingerprint density at radius 1 is 1.16 bits per heavy atom. The number of aliphatic carboxylic acids is 1. The van der Waals surface area contributed by atoms with Crippen LogP contribution >= 0.6 is 0 Å². The lowest BCUT2D eigenvalue weighted by atomic mass is 9.54. The van der Waals surface area contributed by atoms with Gasteiger partial charge in [-0.1, -0.05) is 43.3 Å². The molecule has 2 N–H and O–H groups in total. The Morgan fingerprint density at radius 3 is 2.75 bits per heavy atom. The molecule has 0 aliphatic heterocycles. The second-order valence-electron chi connectivity index (χ2n) is 10.5. The summed E-state index contributed by atoms with van der Waals surface area (Å²) in [4.78, 5) is 11.2. The van der Waals surface area contributed by atoms with Gasteiger partial charge in [0.25, 0.3) is 0 Å². The van der Waals surface area contributed by atoms with Crippen LogP contribution in [0, 0.1) is 23.2 Å². The lowest BCUT2D eigenvalue weighted by molar-refractivity contribution is -0.137. The molecule has 6 atom stereocenters. The second-order valence-corrected chi connectivity index (χ2v) is 10.5. The minimum absolute atomic E-state index is 0.0689. The number of aliphatic hydroxyl groups is 1. The molecule has 0 aromatic heterocycles. The van der Waals surface area contributed by atoms with Crippen LogP contribution in [0.2, 0.25) is 0 Å². The number of carbonyl (C=O) groups is 1. The number of carboxylic acids is 1. The average molecular weight is 435 g/mol. The highest BCUT2D eigenvalue weighted by molar-refractivity contribution is 5.66. The van der Waals surface area contributed by atoms with Crippen LogP contribution in [0.15, 0.2) is 48.5 Å². The third kappa shape index (κ3) is 3.83. The maximum Gasteiger partial charge on any atom is 0.303 e. The summed E-state index contributed by atoms with van der Waals surface area (Å²) in [5.74, 6) is 1.98. The molecule has 0 bridgehead atoms. The third-order valence-electron chi connectivity index (χ3n) is 8.77. The van der Waals surface area contributed by atoms with Crippen LogP contribution < -0.4 is 4.74 Å². The summed E-state index contributed by atoms with van der Waals surface area (Å²) in [6.45, 7) is 2.84. The minimum Gasteiger partial charge on any atom is -0.489 e. The van der Waals surface area contributed by atoms with Crippen LogP contribution in [0.25, 0.3) is 0 Å². The quantitative estimate of drug-likeness (QED) is 0.623. The molecule has 3 aliphatic carbocycles. The van der Waals surface area contributed by atoms with Gasteiger partial charge in [0, 0.05) is 6.42 Å². The Morgan fingerprint density at radius 2 is 1.97 bits per heavy atom. The smallest absolute Gasteiger partial charge is 0.303 e. The Bertz CT molecular complexity index is 971. The predicted octanol–water partition coefficient (Wildman–Crippen LogP) is 5.57. The van der Waals surface area contributed by atoms with Crippen LogP contribution in [-0.2, 0) is 17.8 Å². The minimum atomic E-state index is -0.725. The van der Waals surface area contributed by atoms with Gasteiger partial charge in [0.05, 0.1) is 6.10 Å². The van der Waals surface area contributed by atoms with Crippen molar-refractivity contribution in [2.75, 3.05) is 0 Å². The van der Waals surface area contributed by atoms with Gasteiger partial charge in [0.2, 0.25) is 0 Å². The molecule has 2 aromatic rings. The van der Waals surface area contributed by atoms with Gasteiger partial charge in [-0.25, -0.2) is 0 Å². The summed E-state index contributed by atoms with van der Waals surface area (Å²) in [5.41, 5.74) is 3.96. The van der Waals surface area contributed by atoms with E-state index in [0.717, 1.165) is 37.9 Å². The molecule has 2 saturated carbocycles. The van der Waals surface area contributed by atoms with E-state index in [1.807, 2.05) is 18.2 Å². The normalized spacial score (nSPS) is 33.1. The zero-order valence-electron chi connectivity index (χ0n) is 18.9. The van der Waals surface area contributed by atoms with Crippen molar-refractivity contribution in [1.29, 1.82) is 0 Å². The number of hydrogen-bond donors (Lipinski definition) is 2. The SMILES string of the molecule is C[C@]12CCC3c4ccc(OCc5ccccc5)cc4CCC3C1[C@H](CCC(=O)O)C[C@@H]2O. The van der Waals surface area contributed by atoms with Crippen molar-refractivity contribution in [3.8, 4) is 5.75 Å². The van der Waals surface area contributed by atoms with Crippen LogP contribution in [-0.4, -0.2) is 22.3 Å². The van der Waals surface area contributed by atoms with E-state index in [0.29, 0.717) is 36.7 Å².